The second-order valence-corrected chi connectivity index (χ2v) is 5.05. The van der Waals surface area contributed by atoms with E-state index in [0.29, 0.717) is 6.67 Å². The summed E-state index contributed by atoms with van der Waals surface area (Å²) in [6, 6.07) is 0. The lowest BCUT2D eigenvalue weighted by Gasteiger charge is -2.26. The van der Waals surface area contributed by atoms with E-state index in [0.717, 1.165) is 0 Å². The predicted octanol–water partition coefficient (Wildman–Crippen LogP) is -0.0871. The average Bonchev–Trinajstić information content (AvgIpc) is 2.51. The molecule has 1 aliphatic heterocycles. The average molecular weight is 236 g/mol. The summed E-state index contributed by atoms with van der Waals surface area (Å²) in [4.78, 5) is 3.81. The summed E-state index contributed by atoms with van der Waals surface area (Å²) >= 11 is 0. The summed E-state index contributed by atoms with van der Waals surface area (Å²) in [6.45, 7) is 0.657. The predicted molar refractivity (Wildman–Crippen MR) is 55.4 cm³/mol. The van der Waals surface area contributed by atoms with Crippen molar-refractivity contribution in [3.05, 3.63) is 12.4 Å². The molecule has 6 nitrogen and oxygen atoms in total. The molecule has 1 rings (SSSR count). The van der Waals surface area contributed by atoms with Gasteiger partial charge >= 0.3 is 0 Å². The molecule has 0 aromatic rings. The number of nitrogens with zero attached hydrogens (tertiary/aromatic N) is 2. The van der Waals surface area contributed by atoms with Crippen LogP contribution in [0.1, 0.15) is 6.42 Å². The number of hydrogen-bond acceptors (Lipinski definition) is 5. The summed E-state index contributed by atoms with van der Waals surface area (Å²) in [5.41, 5.74) is 0. The molecule has 0 fully saturated rings. The van der Waals surface area contributed by atoms with E-state index >= 15 is 0 Å². The van der Waals surface area contributed by atoms with Crippen LogP contribution in [0, 0.1) is 0 Å². The number of ether oxygens (including phenoxy) is 1. The van der Waals surface area contributed by atoms with E-state index < -0.39 is 10.1 Å². The minimum absolute atomic E-state index is 0.244. The van der Waals surface area contributed by atoms with E-state index in [1.54, 1.807) is 0 Å². The third kappa shape index (κ3) is 4.06. The Labute approximate surface area is 89.9 Å². The van der Waals surface area contributed by atoms with E-state index in [1.165, 1.54) is 7.11 Å². The third-order valence-corrected chi connectivity index (χ3v) is 2.92. The van der Waals surface area contributed by atoms with Crippen molar-refractivity contribution in [3.8, 4) is 0 Å². The van der Waals surface area contributed by atoms with Crippen LogP contribution in [0.3, 0.4) is 0 Å². The maximum absolute atomic E-state index is 10.6. The van der Waals surface area contributed by atoms with Crippen molar-refractivity contribution >= 4 is 10.1 Å². The molecular weight excluding hydrogens is 220 g/mol. The SMILES string of the molecule is COC(CCS(=O)(=O)O)N1C=CN(C)C1. The molecule has 88 valence electrons. The Bertz CT molecular complexity index is 328. The fourth-order valence-corrected chi connectivity index (χ4v) is 1.91. The fraction of sp³-hybridized carbons (Fsp3) is 0.750. The molecule has 0 spiro atoms. The molecule has 1 atom stereocenters. The Kier molecular flexibility index (Phi) is 3.95. The van der Waals surface area contributed by atoms with Crippen molar-refractivity contribution in [2.24, 2.45) is 0 Å². The first-order valence-electron chi connectivity index (χ1n) is 4.54. The molecule has 0 radical (unpaired) electrons. The van der Waals surface area contributed by atoms with Gasteiger partial charge in [-0.2, -0.15) is 8.42 Å². The van der Waals surface area contributed by atoms with Crippen molar-refractivity contribution in [2.45, 2.75) is 12.6 Å². The zero-order chi connectivity index (χ0) is 11.5. The van der Waals surface area contributed by atoms with Gasteiger partial charge in [-0.05, 0) is 0 Å². The topological polar surface area (TPSA) is 70.1 Å². The lowest BCUT2D eigenvalue weighted by Crippen LogP contribution is -2.35. The smallest absolute Gasteiger partial charge is 0.265 e. The van der Waals surface area contributed by atoms with Gasteiger partial charge in [0.05, 0.1) is 12.4 Å². The minimum atomic E-state index is -3.92. The molecule has 0 aliphatic carbocycles. The van der Waals surface area contributed by atoms with Crippen LogP contribution in [-0.4, -0.2) is 55.6 Å². The molecule has 1 heterocycles. The molecule has 0 amide bonds. The Morgan fingerprint density at radius 3 is 2.60 bits per heavy atom. The molecule has 0 aromatic heterocycles. The highest BCUT2D eigenvalue weighted by molar-refractivity contribution is 7.85. The molecule has 0 aromatic carbocycles. The van der Waals surface area contributed by atoms with E-state index in [9.17, 15) is 8.42 Å². The maximum atomic E-state index is 10.6. The molecule has 1 aliphatic rings. The van der Waals surface area contributed by atoms with Crippen molar-refractivity contribution in [3.63, 3.8) is 0 Å². The maximum Gasteiger partial charge on any atom is 0.265 e. The van der Waals surface area contributed by atoms with Crippen LogP contribution in [-0.2, 0) is 14.9 Å². The summed E-state index contributed by atoms with van der Waals surface area (Å²) < 4.78 is 34.9. The van der Waals surface area contributed by atoms with Gasteiger partial charge in [-0.25, -0.2) is 0 Å². The Balaban J connectivity index is 2.47. The van der Waals surface area contributed by atoms with Crippen LogP contribution in [0.5, 0.6) is 0 Å². The lowest BCUT2D eigenvalue weighted by molar-refractivity contribution is -0.0133. The van der Waals surface area contributed by atoms with Gasteiger partial charge < -0.3 is 14.5 Å². The lowest BCUT2D eigenvalue weighted by atomic mass is 10.4. The highest BCUT2D eigenvalue weighted by Crippen LogP contribution is 2.13. The molecule has 7 heteroatoms. The molecular formula is C8H16N2O4S. The molecule has 0 saturated carbocycles. The van der Waals surface area contributed by atoms with E-state index in [4.69, 9.17) is 9.29 Å². The Morgan fingerprint density at radius 2 is 2.20 bits per heavy atom. The van der Waals surface area contributed by atoms with E-state index in [1.807, 2.05) is 29.2 Å². The normalized spacial score (nSPS) is 18.6. The molecule has 1 unspecified atom stereocenters. The molecule has 0 bridgehead atoms. The van der Waals surface area contributed by atoms with Crippen LogP contribution >= 0.6 is 0 Å². The van der Waals surface area contributed by atoms with Gasteiger partial charge in [-0.3, -0.25) is 4.55 Å². The first-order valence-corrected chi connectivity index (χ1v) is 6.15. The van der Waals surface area contributed by atoms with Gasteiger partial charge in [0.15, 0.2) is 0 Å². The second kappa shape index (κ2) is 4.82. The summed E-state index contributed by atoms with van der Waals surface area (Å²) in [5, 5.41) is 0. The van der Waals surface area contributed by atoms with Crippen LogP contribution < -0.4 is 0 Å². The highest BCUT2D eigenvalue weighted by atomic mass is 32.2. The second-order valence-electron chi connectivity index (χ2n) is 3.48. The van der Waals surface area contributed by atoms with Crippen molar-refractivity contribution < 1.29 is 17.7 Å². The minimum Gasteiger partial charge on any atom is -0.362 e. The van der Waals surface area contributed by atoms with Gasteiger partial charge in [0.25, 0.3) is 10.1 Å². The zero-order valence-corrected chi connectivity index (χ0v) is 9.64. The van der Waals surface area contributed by atoms with Crippen molar-refractivity contribution in [1.29, 1.82) is 0 Å². The quantitative estimate of drug-likeness (QED) is 0.673. The fourth-order valence-electron chi connectivity index (χ4n) is 1.41. The molecule has 1 N–H and O–H groups in total. The first-order chi connectivity index (χ1) is 6.92. The van der Waals surface area contributed by atoms with Crippen LogP contribution in [0.15, 0.2) is 12.4 Å². The standard InChI is InChI=1S/C8H16N2O4S/c1-9-4-5-10(7-9)8(14-2)3-6-15(11,12)13/h4-5,8H,3,6-7H2,1-2H3,(H,11,12,13). The van der Waals surface area contributed by atoms with E-state index in [2.05, 4.69) is 0 Å². The van der Waals surface area contributed by atoms with Crippen LogP contribution in [0.4, 0.5) is 0 Å². The number of hydrogen-bond donors (Lipinski definition) is 1. The van der Waals surface area contributed by atoms with Gasteiger partial charge in [0.1, 0.15) is 6.23 Å². The Hall–Kier alpha value is -0.790. The number of rotatable bonds is 5. The zero-order valence-electron chi connectivity index (χ0n) is 8.83. The van der Waals surface area contributed by atoms with E-state index in [-0.39, 0.29) is 18.4 Å². The molecule has 15 heavy (non-hydrogen) atoms. The van der Waals surface area contributed by atoms with Gasteiger partial charge in [-0.1, -0.05) is 0 Å². The first kappa shape index (κ1) is 12.3. The van der Waals surface area contributed by atoms with Crippen LogP contribution in [0.25, 0.3) is 0 Å². The Morgan fingerprint density at radius 1 is 1.53 bits per heavy atom. The van der Waals surface area contributed by atoms with Crippen molar-refractivity contribution in [2.75, 3.05) is 26.6 Å². The number of methoxy groups -OCH3 is 1. The monoisotopic (exact) mass is 236 g/mol. The van der Waals surface area contributed by atoms with Gasteiger partial charge in [0, 0.05) is 33.0 Å². The van der Waals surface area contributed by atoms with Crippen LogP contribution in [0.2, 0.25) is 0 Å². The highest BCUT2D eigenvalue weighted by Gasteiger charge is 2.20. The summed E-state index contributed by atoms with van der Waals surface area (Å²) in [7, 11) is -0.493. The largest absolute Gasteiger partial charge is 0.362 e. The van der Waals surface area contributed by atoms with Gasteiger partial charge in [-0.15, -0.1) is 0 Å². The molecule has 0 saturated heterocycles. The summed E-state index contributed by atoms with van der Waals surface area (Å²) in [5.74, 6) is -0.292. The van der Waals surface area contributed by atoms with Gasteiger partial charge in [0.2, 0.25) is 0 Å². The third-order valence-electron chi connectivity index (χ3n) is 2.16. The summed E-state index contributed by atoms with van der Waals surface area (Å²) in [6.07, 6.45) is 3.62. The van der Waals surface area contributed by atoms with Crippen molar-refractivity contribution in [1.82, 2.24) is 9.80 Å².